The molecule has 1 heterocycles. The summed E-state index contributed by atoms with van der Waals surface area (Å²) in [4.78, 5) is 12.4. The summed E-state index contributed by atoms with van der Waals surface area (Å²) in [5, 5.41) is 18.0. The van der Waals surface area contributed by atoms with Gasteiger partial charge in [0.25, 0.3) is 0 Å². The van der Waals surface area contributed by atoms with Crippen molar-refractivity contribution in [3.05, 3.63) is 35.4 Å². The molecule has 0 spiro atoms. The number of carboxylic acids is 1. The highest BCUT2D eigenvalue weighted by Crippen LogP contribution is 2.16. The molecule has 1 aliphatic rings. The molecular formula is C13H16FNO3. The lowest BCUT2D eigenvalue weighted by Crippen LogP contribution is -2.21. The number of halogens is 1. The summed E-state index contributed by atoms with van der Waals surface area (Å²) in [6.07, 6.45) is -2.05. The lowest BCUT2D eigenvalue weighted by Gasteiger charge is -2.14. The van der Waals surface area contributed by atoms with E-state index in [0.717, 1.165) is 11.1 Å². The number of carbonyl (C=O) groups is 1. The molecular weight excluding hydrogens is 237 g/mol. The molecule has 98 valence electrons. The van der Waals surface area contributed by atoms with Gasteiger partial charge in [-0.25, -0.2) is 4.39 Å². The van der Waals surface area contributed by atoms with Crippen LogP contribution in [-0.2, 0) is 17.8 Å². The zero-order valence-corrected chi connectivity index (χ0v) is 9.92. The third kappa shape index (κ3) is 3.27. The van der Waals surface area contributed by atoms with Crippen LogP contribution < -0.4 is 0 Å². The van der Waals surface area contributed by atoms with Crippen LogP contribution in [0.2, 0.25) is 0 Å². The first-order chi connectivity index (χ1) is 8.54. The maximum atomic E-state index is 13.1. The van der Waals surface area contributed by atoms with Crippen LogP contribution in [-0.4, -0.2) is 46.4 Å². The Morgan fingerprint density at radius 3 is 2.39 bits per heavy atom. The summed E-state index contributed by atoms with van der Waals surface area (Å²) in [5.74, 6) is -0.856. The molecule has 0 saturated carbocycles. The zero-order valence-electron chi connectivity index (χ0n) is 9.92. The molecule has 1 saturated heterocycles. The van der Waals surface area contributed by atoms with Gasteiger partial charge in [0.1, 0.15) is 6.17 Å². The second-order valence-corrected chi connectivity index (χ2v) is 4.66. The first kappa shape index (κ1) is 13.0. The maximum Gasteiger partial charge on any atom is 0.307 e. The number of aliphatic hydroxyl groups is 1. The lowest BCUT2D eigenvalue weighted by molar-refractivity contribution is -0.136. The highest BCUT2D eigenvalue weighted by Gasteiger charge is 2.30. The largest absolute Gasteiger partial charge is 0.481 e. The number of hydrogen-bond acceptors (Lipinski definition) is 3. The Morgan fingerprint density at radius 2 is 1.89 bits per heavy atom. The van der Waals surface area contributed by atoms with Crippen LogP contribution in [0.1, 0.15) is 11.1 Å². The number of alkyl halides is 1. The van der Waals surface area contributed by atoms with Crippen LogP contribution in [0.15, 0.2) is 24.3 Å². The SMILES string of the molecule is O=C(O)Cc1ccc(CN2C[C@@H](O)[C@H](F)C2)cc1. The molecule has 0 radical (unpaired) electrons. The Kier molecular flexibility index (Phi) is 3.93. The normalized spacial score (nSPS) is 24.3. The Balaban J connectivity index is 1.92. The van der Waals surface area contributed by atoms with E-state index in [2.05, 4.69) is 0 Å². The van der Waals surface area contributed by atoms with Crippen LogP contribution in [0.25, 0.3) is 0 Å². The number of rotatable bonds is 4. The average Bonchev–Trinajstić information content (AvgIpc) is 2.60. The molecule has 1 aliphatic heterocycles. The summed E-state index contributed by atoms with van der Waals surface area (Å²) in [7, 11) is 0. The number of carboxylic acid groups (broad SMARTS) is 1. The van der Waals surface area contributed by atoms with Gasteiger partial charge in [0.15, 0.2) is 0 Å². The van der Waals surface area contributed by atoms with Gasteiger partial charge in [0, 0.05) is 19.6 Å². The summed E-state index contributed by atoms with van der Waals surface area (Å²) in [5.41, 5.74) is 1.74. The number of hydrogen-bond donors (Lipinski definition) is 2. The fraction of sp³-hybridized carbons (Fsp3) is 0.462. The van der Waals surface area contributed by atoms with E-state index in [0.29, 0.717) is 13.1 Å². The molecule has 0 aliphatic carbocycles. The van der Waals surface area contributed by atoms with E-state index >= 15 is 0 Å². The molecule has 4 nitrogen and oxygen atoms in total. The molecule has 0 aromatic heterocycles. The Morgan fingerprint density at radius 1 is 1.28 bits per heavy atom. The fourth-order valence-corrected chi connectivity index (χ4v) is 2.15. The van der Waals surface area contributed by atoms with Gasteiger partial charge in [-0.2, -0.15) is 0 Å². The van der Waals surface area contributed by atoms with Crippen molar-refractivity contribution in [2.45, 2.75) is 25.2 Å². The number of benzene rings is 1. The van der Waals surface area contributed by atoms with E-state index < -0.39 is 18.2 Å². The predicted octanol–water partition coefficient (Wildman–Crippen LogP) is 0.828. The second-order valence-electron chi connectivity index (χ2n) is 4.66. The fourth-order valence-electron chi connectivity index (χ4n) is 2.15. The van der Waals surface area contributed by atoms with E-state index in [-0.39, 0.29) is 13.0 Å². The summed E-state index contributed by atoms with van der Waals surface area (Å²) in [6, 6.07) is 7.22. The van der Waals surface area contributed by atoms with Crippen molar-refractivity contribution < 1.29 is 19.4 Å². The molecule has 0 bridgehead atoms. The van der Waals surface area contributed by atoms with Crippen LogP contribution >= 0.6 is 0 Å². The molecule has 18 heavy (non-hydrogen) atoms. The number of nitrogens with zero attached hydrogens (tertiary/aromatic N) is 1. The van der Waals surface area contributed by atoms with E-state index in [9.17, 15) is 14.3 Å². The molecule has 1 aromatic carbocycles. The van der Waals surface area contributed by atoms with Gasteiger partial charge in [-0.05, 0) is 11.1 Å². The van der Waals surface area contributed by atoms with Crippen molar-refractivity contribution in [3.63, 3.8) is 0 Å². The first-order valence-corrected chi connectivity index (χ1v) is 5.88. The Bertz CT molecular complexity index is 411. The predicted molar refractivity (Wildman–Crippen MR) is 64.0 cm³/mol. The van der Waals surface area contributed by atoms with Gasteiger partial charge in [0.2, 0.25) is 0 Å². The molecule has 2 rings (SSSR count). The summed E-state index contributed by atoms with van der Waals surface area (Å²) >= 11 is 0. The van der Waals surface area contributed by atoms with Crippen LogP contribution in [0.3, 0.4) is 0 Å². The Labute approximate surface area is 105 Å². The molecule has 1 fully saturated rings. The maximum absolute atomic E-state index is 13.1. The first-order valence-electron chi connectivity index (χ1n) is 5.88. The highest BCUT2D eigenvalue weighted by atomic mass is 19.1. The molecule has 0 unspecified atom stereocenters. The minimum Gasteiger partial charge on any atom is -0.481 e. The molecule has 2 N–H and O–H groups in total. The van der Waals surface area contributed by atoms with Crippen molar-refractivity contribution in [2.75, 3.05) is 13.1 Å². The van der Waals surface area contributed by atoms with Gasteiger partial charge in [-0.1, -0.05) is 24.3 Å². The van der Waals surface area contributed by atoms with Crippen LogP contribution in [0.5, 0.6) is 0 Å². The van der Waals surface area contributed by atoms with Crippen molar-refractivity contribution in [1.29, 1.82) is 0 Å². The quantitative estimate of drug-likeness (QED) is 0.834. The number of aliphatic carboxylic acids is 1. The van der Waals surface area contributed by atoms with Gasteiger partial charge in [0.05, 0.1) is 12.5 Å². The Hall–Kier alpha value is -1.46. The molecule has 2 atom stereocenters. The van der Waals surface area contributed by atoms with Gasteiger partial charge < -0.3 is 10.2 Å². The highest BCUT2D eigenvalue weighted by molar-refractivity contribution is 5.70. The zero-order chi connectivity index (χ0) is 13.1. The van der Waals surface area contributed by atoms with E-state index in [4.69, 9.17) is 5.11 Å². The van der Waals surface area contributed by atoms with Crippen LogP contribution in [0, 0.1) is 0 Å². The standard InChI is InChI=1S/C13H16FNO3/c14-11-7-15(8-12(11)16)6-10-3-1-9(2-4-10)5-13(17)18/h1-4,11-12,16H,5-8H2,(H,17,18)/t11-,12-/m1/s1. The molecule has 0 amide bonds. The van der Waals surface area contributed by atoms with Gasteiger partial charge in [-0.15, -0.1) is 0 Å². The number of aliphatic hydroxyl groups excluding tert-OH is 1. The van der Waals surface area contributed by atoms with E-state index in [1.54, 1.807) is 12.1 Å². The van der Waals surface area contributed by atoms with Crippen molar-refractivity contribution in [1.82, 2.24) is 4.90 Å². The van der Waals surface area contributed by atoms with E-state index in [1.807, 2.05) is 17.0 Å². The lowest BCUT2D eigenvalue weighted by atomic mass is 10.1. The second kappa shape index (κ2) is 5.46. The topological polar surface area (TPSA) is 60.8 Å². The monoisotopic (exact) mass is 253 g/mol. The average molecular weight is 253 g/mol. The third-order valence-electron chi connectivity index (χ3n) is 3.08. The molecule has 5 heteroatoms. The van der Waals surface area contributed by atoms with E-state index in [1.165, 1.54) is 0 Å². The minimum absolute atomic E-state index is 0.00919. The van der Waals surface area contributed by atoms with Crippen molar-refractivity contribution in [2.24, 2.45) is 0 Å². The van der Waals surface area contributed by atoms with Crippen LogP contribution in [0.4, 0.5) is 4.39 Å². The van der Waals surface area contributed by atoms with Gasteiger partial charge >= 0.3 is 5.97 Å². The smallest absolute Gasteiger partial charge is 0.307 e. The van der Waals surface area contributed by atoms with Crippen molar-refractivity contribution in [3.8, 4) is 0 Å². The number of β-amino-alcohol motifs (C(OH)–C–C–N with tert-alkyl or cyclic N) is 1. The summed E-state index contributed by atoms with van der Waals surface area (Å²) in [6.45, 7) is 1.17. The van der Waals surface area contributed by atoms with Gasteiger partial charge in [-0.3, -0.25) is 9.69 Å². The summed E-state index contributed by atoms with van der Waals surface area (Å²) < 4.78 is 13.1. The van der Waals surface area contributed by atoms with Crippen molar-refractivity contribution >= 4 is 5.97 Å². The minimum atomic E-state index is -1.17. The third-order valence-corrected chi connectivity index (χ3v) is 3.08. The number of likely N-dealkylation sites (tertiary alicyclic amines) is 1. The molecule has 1 aromatic rings.